The molecule has 0 saturated carbocycles. The molecule has 0 heterocycles. The van der Waals surface area contributed by atoms with E-state index < -0.39 is 5.82 Å². The molecule has 0 aliphatic carbocycles. The van der Waals surface area contributed by atoms with Crippen LogP contribution in [0.1, 0.15) is 16.7 Å². The molecule has 0 unspecified atom stereocenters. The van der Waals surface area contributed by atoms with E-state index in [1.165, 1.54) is 12.1 Å². The smallest absolute Gasteiger partial charge is 0.166 e. The summed E-state index contributed by atoms with van der Waals surface area (Å²) in [5, 5.41) is 17.4. The van der Waals surface area contributed by atoms with Gasteiger partial charge in [-0.05, 0) is 35.9 Å². The summed E-state index contributed by atoms with van der Waals surface area (Å²) in [5.41, 5.74) is 1.56. The molecule has 0 aliphatic heterocycles. The largest absolute Gasteiger partial charge is 0.486 e. The fourth-order valence-electron chi connectivity index (χ4n) is 1.58. The second-order valence-corrected chi connectivity index (χ2v) is 3.86. The summed E-state index contributed by atoms with van der Waals surface area (Å²) >= 11 is 0. The molecule has 0 saturated heterocycles. The molecule has 0 aromatic heterocycles. The Labute approximate surface area is 110 Å². The number of benzene rings is 2. The van der Waals surface area contributed by atoms with Crippen LogP contribution in [0, 0.1) is 28.5 Å². The van der Waals surface area contributed by atoms with Crippen molar-refractivity contribution in [3.63, 3.8) is 0 Å². The molecule has 0 amide bonds. The first-order valence-corrected chi connectivity index (χ1v) is 5.54. The summed E-state index contributed by atoms with van der Waals surface area (Å²) in [6, 6.07) is 14.8. The van der Waals surface area contributed by atoms with E-state index in [9.17, 15) is 4.39 Å². The predicted octanol–water partition coefficient (Wildman–Crippen LogP) is 3.15. The lowest BCUT2D eigenvalue weighted by Crippen LogP contribution is -1.98. The molecule has 2 rings (SSSR count). The first kappa shape index (κ1) is 12.6. The molecule has 0 bridgehead atoms. The monoisotopic (exact) mass is 252 g/mol. The highest BCUT2D eigenvalue weighted by atomic mass is 19.1. The van der Waals surface area contributed by atoms with E-state index >= 15 is 0 Å². The van der Waals surface area contributed by atoms with Crippen LogP contribution in [0.5, 0.6) is 5.75 Å². The third kappa shape index (κ3) is 3.08. The average molecular weight is 252 g/mol. The van der Waals surface area contributed by atoms with Gasteiger partial charge in [-0.25, -0.2) is 4.39 Å². The van der Waals surface area contributed by atoms with Gasteiger partial charge in [-0.2, -0.15) is 10.5 Å². The van der Waals surface area contributed by atoms with Crippen molar-refractivity contribution in [1.29, 1.82) is 10.5 Å². The van der Waals surface area contributed by atoms with Crippen LogP contribution >= 0.6 is 0 Å². The molecular formula is C15H9FN2O. The molecule has 92 valence electrons. The Kier molecular flexibility index (Phi) is 3.75. The van der Waals surface area contributed by atoms with Crippen molar-refractivity contribution >= 4 is 0 Å². The zero-order chi connectivity index (χ0) is 13.7. The van der Waals surface area contributed by atoms with Crippen molar-refractivity contribution < 1.29 is 9.13 Å². The molecule has 0 fully saturated rings. The molecule has 3 nitrogen and oxygen atoms in total. The zero-order valence-corrected chi connectivity index (χ0v) is 9.93. The number of rotatable bonds is 3. The van der Waals surface area contributed by atoms with Gasteiger partial charge < -0.3 is 4.74 Å². The summed E-state index contributed by atoms with van der Waals surface area (Å²) in [6.45, 7) is 0.165. The Bertz CT molecular complexity index is 683. The van der Waals surface area contributed by atoms with E-state index in [1.807, 2.05) is 12.1 Å². The highest BCUT2D eigenvalue weighted by Crippen LogP contribution is 2.19. The molecular weight excluding hydrogens is 243 g/mol. The second-order valence-electron chi connectivity index (χ2n) is 3.86. The van der Waals surface area contributed by atoms with Crippen LogP contribution in [0.15, 0.2) is 42.5 Å². The predicted molar refractivity (Wildman–Crippen MR) is 66.6 cm³/mol. The Morgan fingerprint density at radius 1 is 1.00 bits per heavy atom. The summed E-state index contributed by atoms with van der Waals surface area (Å²) in [5.74, 6) is -0.489. The van der Waals surface area contributed by atoms with Crippen molar-refractivity contribution in [2.75, 3.05) is 0 Å². The molecule has 0 N–H and O–H groups in total. The molecule has 4 heteroatoms. The number of nitrogens with zero attached hydrogens (tertiary/aromatic N) is 2. The van der Waals surface area contributed by atoms with Crippen molar-refractivity contribution in [2.24, 2.45) is 0 Å². The summed E-state index contributed by atoms with van der Waals surface area (Å²) in [7, 11) is 0. The minimum atomic E-state index is -0.574. The maximum Gasteiger partial charge on any atom is 0.166 e. The Hall–Kier alpha value is -2.85. The van der Waals surface area contributed by atoms with E-state index in [-0.39, 0.29) is 17.9 Å². The lowest BCUT2D eigenvalue weighted by molar-refractivity contribution is 0.290. The molecule has 19 heavy (non-hydrogen) atoms. The third-order valence-electron chi connectivity index (χ3n) is 2.51. The summed E-state index contributed by atoms with van der Waals surface area (Å²) in [6.07, 6.45) is 0. The second kappa shape index (κ2) is 5.66. The molecule has 0 aliphatic rings. The fourth-order valence-corrected chi connectivity index (χ4v) is 1.58. The molecule has 2 aromatic carbocycles. The van der Waals surface area contributed by atoms with E-state index in [0.29, 0.717) is 5.56 Å². The number of hydrogen-bond donors (Lipinski definition) is 0. The van der Waals surface area contributed by atoms with Gasteiger partial charge in [-0.1, -0.05) is 12.1 Å². The number of halogens is 1. The first-order valence-electron chi connectivity index (χ1n) is 5.54. The van der Waals surface area contributed by atoms with Gasteiger partial charge in [-0.3, -0.25) is 0 Å². The summed E-state index contributed by atoms with van der Waals surface area (Å²) < 4.78 is 18.9. The van der Waals surface area contributed by atoms with Crippen LogP contribution in [0.25, 0.3) is 0 Å². The lowest BCUT2D eigenvalue weighted by atomic mass is 10.1. The summed E-state index contributed by atoms with van der Waals surface area (Å²) in [4.78, 5) is 0. The van der Waals surface area contributed by atoms with Crippen LogP contribution < -0.4 is 4.74 Å². The van der Waals surface area contributed by atoms with Crippen LogP contribution in [-0.4, -0.2) is 0 Å². The molecule has 0 spiro atoms. The van der Waals surface area contributed by atoms with Crippen LogP contribution in [0.4, 0.5) is 4.39 Å². The van der Waals surface area contributed by atoms with Gasteiger partial charge in [0.1, 0.15) is 6.61 Å². The molecule has 0 atom stereocenters. The SMILES string of the molecule is N#Cc1cccc(COc2ccc(C#N)cc2F)c1. The topological polar surface area (TPSA) is 56.8 Å². The maximum absolute atomic E-state index is 13.6. The molecule has 2 aromatic rings. The quantitative estimate of drug-likeness (QED) is 0.843. The van der Waals surface area contributed by atoms with Gasteiger partial charge in [0, 0.05) is 0 Å². The van der Waals surface area contributed by atoms with Gasteiger partial charge in [0.25, 0.3) is 0 Å². The average Bonchev–Trinajstić information content (AvgIpc) is 2.46. The fraction of sp³-hybridized carbons (Fsp3) is 0.0667. The minimum absolute atomic E-state index is 0.0846. The van der Waals surface area contributed by atoms with Crippen LogP contribution in [0.2, 0.25) is 0 Å². The maximum atomic E-state index is 13.6. The van der Waals surface area contributed by atoms with Crippen molar-refractivity contribution in [2.45, 2.75) is 6.61 Å². The van der Waals surface area contributed by atoms with Crippen LogP contribution in [0.3, 0.4) is 0 Å². The number of nitriles is 2. The Morgan fingerprint density at radius 2 is 1.74 bits per heavy atom. The highest BCUT2D eigenvalue weighted by molar-refractivity contribution is 5.36. The van der Waals surface area contributed by atoms with E-state index in [1.54, 1.807) is 24.3 Å². The third-order valence-corrected chi connectivity index (χ3v) is 2.51. The van der Waals surface area contributed by atoms with Gasteiger partial charge in [0.15, 0.2) is 11.6 Å². The standard InChI is InChI=1S/C15H9FN2O/c16-14-7-12(9-18)4-5-15(14)19-10-13-3-1-2-11(6-13)8-17/h1-7H,10H2. The first-order chi connectivity index (χ1) is 9.22. The lowest BCUT2D eigenvalue weighted by Gasteiger charge is -2.07. The highest BCUT2D eigenvalue weighted by Gasteiger charge is 2.05. The Morgan fingerprint density at radius 3 is 2.42 bits per heavy atom. The van der Waals surface area contributed by atoms with Gasteiger partial charge in [0.2, 0.25) is 0 Å². The van der Waals surface area contributed by atoms with Crippen molar-refractivity contribution in [3.8, 4) is 17.9 Å². The zero-order valence-electron chi connectivity index (χ0n) is 9.93. The molecule has 0 radical (unpaired) electrons. The van der Waals surface area contributed by atoms with Gasteiger partial charge in [0.05, 0.1) is 23.3 Å². The van der Waals surface area contributed by atoms with E-state index in [0.717, 1.165) is 11.6 Å². The number of hydrogen-bond acceptors (Lipinski definition) is 3. The normalized spacial score (nSPS) is 9.42. The van der Waals surface area contributed by atoms with Crippen molar-refractivity contribution in [3.05, 3.63) is 65.0 Å². The van der Waals surface area contributed by atoms with E-state index in [2.05, 4.69) is 0 Å². The van der Waals surface area contributed by atoms with Gasteiger partial charge >= 0.3 is 0 Å². The van der Waals surface area contributed by atoms with E-state index in [4.69, 9.17) is 15.3 Å². The van der Waals surface area contributed by atoms with Gasteiger partial charge in [-0.15, -0.1) is 0 Å². The number of ether oxygens (including phenoxy) is 1. The van der Waals surface area contributed by atoms with Crippen molar-refractivity contribution in [1.82, 2.24) is 0 Å². The van der Waals surface area contributed by atoms with Crippen LogP contribution in [-0.2, 0) is 6.61 Å². The Balaban J connectivity index is 2.11. The minimum Gasteiger partial charge on any atom is -0.486 e.